The molecule has 4 aliphatic heterocycles. The monoisotopic (exact) mass is 1070 g/mol. The van der Waals surface area contributed by atoms with Crippen molar-refractivity contribution in [2.24, 2.45) is 50.2 Å². The van der Waals surface area contributed by atoms with Gasteiger partial charge in [-0.1, -0.05) is 53.2 Å². The first-order valence-corrected chi connectivity index (χ1v) is 27.3. The summed E-state index contributed by atoms with van der Waals surface area (Å²) in [4.78, 5) is 13.2. The van der Waals surface area contributed by atoms with Crippen molar-refractivity contribution in [2.45, 2.75) is 235 Å². The molecule has 13 N–H and O–H groups in total. The molecular formula is C53H86O22. The number of hydrogen-bond donors (Lipinski definition) is 13. The van der Waals surface area contributed by atoms with Crippen LogP contribution in [0.1, 0.15) is 113 Å². The second kappa shape index (κ2) is 21.1. The number of carboxylic acid groups (broad SMARTS) is 1. The SMILES string of the molecule is CC1OC(OC2C(OC3CC[C@@]4(C)C(CC[C@]5(C)C4CC=C4C6CC(C)(C)CC[C@]6(C(=O)O)CC[C@]45C)[C@]3(C)CO)OCC(O)C2O)[C@H](O)C(OC2OC(CO)C(OC3OC(CO)C(O)C(O)C3O)C(O)C2O)C1O. The highest BCUT2D eigenvalue weighted by molar-refractivity contribution is 5.76. The minimum Gasteiger partial charge on any atom is -0.481 e. The summed E-state index contributed by atoms with van der Waals surface area (Å²) < 4.78 is 47.8. The van der Waals surface area contributed by atoms with E-state index in [1.165, 1.54) is 12.5 Å². The first-order chi connectivity index (χ1) is 35.2. The van der Waals surface area contributed by atoms with Gasteiger partial charge < -0.3 is 104 Å². The number of aliphatic hydroxyl groups excluding tert-OH is 12. The molecule has 22 unspecified atom stereocenters. The smallest absolute Gasteiger partial charge is 0.310 e. The van der Waals surface area contributed by atoms with Gasteiger partial charge in [0.15, 0.2) is 25.2 Å². The van der Waals surface area contributed by atoms with Gasteiger partial charge in [0.25, 0.3) is 0 Å². The predicted molar refractivity (Wildman–Crippen MR) is 257 cm³/mol. The molecule has 0 spiro atoms. The zero-order valence-electron chi connectivity index (χ0n) is 44.2. The molecule has 0 aromatic rings. The third-order valence-corrected chi connectivity index (χ3v) is 21.2. The van der Waals surface area contributed by atoms with E-state index in [1.807, 2.05) is 6.92 Å². The van der Waals surface area contributed by atoms with E-state index in [2.05, 4.69) is 40.7 Å². The van der Waals surface area contributed by atoms with Crippen LogP contribution in [0.15, 0.2) is 11.6 Å². The lowest BCUT2D eigenvalue weighted by atomic mass is 9.33. The molecule has 5 aliphatic carbocycles. The predicted octanol–water partition coefficient (Wildman–Crippen LogP) is -0.830. The van der Waals surface area contributed by atoms with Crippen LogP contribution < -0.4 is 0 Å². The molecule has 22 heteroatoms. The highest BCUT2D eigenvalue weighted by atomic mass is 16.8. The fourth-order valence-corrected chi connectivity index (χ4v) is 16.3. The highest BCUT2D eigenvalue weighted by Crippen LogP contribution is 2.76. The molecule has 9 aliphatic rings. The summed E-state index contributed by atoms with van der Waals surface area (Å²) in [6.07, 6.45) is -22.4. The highest BCUT2D eigenvalue weighted by Gasteiger charge is 2.70. The number of allylic oxidation sites excluding steroid dienone is 2. The van der Waals surface area contributed by atoms with Gasteiger partial charge in [0.05, 0.1) is 44.1 Å². The van der Waals surface area contributed by atoms with E-state index >= 15 is 0 Å². The van der Waals surface area contributed by atoms with Gasteiger partial charge in [-0.2, -0.15) is 0 Å². The minimum atomic E-state index is -2.01. The van der Waals surface area contributed by atoms with Crippen LogP contribution in [0, 0.1) is 50.2 Å². The molecule has 430 valence electrons. The van der Waals surface area contributed by atoms with E-state index in [9.17, 15) is 71.2 Å². The Hall–Kier alpha value is -1.59. The van der Waals surface area contributed by atoms with E-state index in [1.54, 1.807) is 0 Å². The van der Waals surface area contributed by atoms with Gasteiger partial charge in [0.1, 0.15) is 85.5 Å². The van der Waals surface area contributed by atoms with Crippen LogP contribution in [-0.2, 0) is 42.7 Å². The number of carbonyl (C=O) groups is 1. The normalized spacial score (nSPS) is 54.9. The topological polar surface area (TPSA) is 354 Å². The average Bonchev–Trinajstić information content (AvgIpc) is 3.44. The Morgan fingerprint density at radius 2 is 1.23 bits per heavy atom. The molecule has 0 amide bonds. The molecule has 0 radical (unpaired) electrons. The number of fused-ring (bicyclic) bond motifs is 7. The van der Waals surface area contributed by atoms with Crippen molar-refractivity contribution in [2.75, 3.05) is 26.4 Å². The van der Waals surface area contributed by atoms with Crippen LogP contribution in [0.25, 0.3) is 0 Å². The largest absolute Gasteiger partial charge is 0.481 e. The number of hydrogen-bond acceptors (Lipinski definition) is 21. The molecule has 4 saturated heterocycles. The first kappa shape index (κ1) is 58.1. The number of aliphatic hydroxyl groups is 12. The lowest BCUT2D eigenvalue weighted by molar-refractivity contribution is -0.390. The van der Waals surface area contributed by atoms with Gasteiger partial charge in [0.2, 0.25) is 0 Å². The number of aliphatic carboxylic acids is 1. The Labute approximate surface area is 437 Å². The second-order valence-corrected chi connectivity index (χ2v) is 25.7. The minimum absolute atomic E-state index is 0.0289. The van der Waals surface area contributed by atoms with Crippen LogP contribution in [0.4, 0.5) is 0 Å². The molecule has 75 heavy (non-hydrogen) atoms. The quantitative estimate of drug-likeness (QED) is 0.0838. The Morgan fingerprint density at radius 1 is 0.613 bits per heavy atom. The maximum absolute atomic E-state index is 13.2. The van der Waals surface area contributed by atoms with E-state index in [0.717, 1.165) is 44.9 Å². The fraction of sp³-hybridized carbons (Fsp3) is 0.943. The van der Waals surface area contributed by atoms with Crippen molar-refractivity contribution in [3.63, 3.8) is 0 Å². The summed E-state index contributed by atoms with van der Waals surface area (Å²) >= 11 is 0. The van der Waals surface area contributed by atoms with Gasteiger partial charge in [-0.3, -0.25) is 4.79 Å². The summed E-state index contributed by atoms with van der Waals surface area (Å²) in [5, 5.41) is 141. The van der Waals surface area contributed by atoms with Crippen LogP contribution in [0.5, 0.6) is 0 Å². The van der Waals surface area contributed by atoms with Crippen molar-refractivity contribution in [1.29, 1.82) is 0 Å². The molecule has 22 nitrogen and oxygen atoms in total. The maximum Gasteiger partial charge on any atom is 0.310 e. The number of rotatable bonds is 12. The lowest BCUT2D eigenvalue weighted by Crippen LogP contribution is -2.67. The Balaban J connectivity index is 0.899. The van der Waals surface area contributed by atoms with Gasteiger partial charge >= 0.3 is 5.97 Å². The molecule has 28 atom stereocenters. The number of ether oxygens (including phenoxy) is 8. The molecule has 4 saturated carbocycles. The van der Waals surface area contributed by atoms with Gasteiger partial charge in [-0.25, -0.2) is 0 Å². The maximum atomic E-state index is 13.2. The van der Waals surface area contributed by atoms with Crippen LogP contribution in [0.3, 0.4) is 0 Å². The van der Waals surface area contributed by atoms with E-state index in [4.69, 9.17) is 37.9 Å². The lowest BCUT2D eigenvalue weighted by Gasteiger charge is -2.71. The van der Waals surface area contributed by atoms with Gasteiger partial charge in [-0.15, -0.1) is 0 Å². The number of carboxylic acids is 1. The third-order valence-electron chi connectivity index (χ3n) is 21.2. The standard InChI is InChI=1S/C53H86O22/c1-23-32(58)41(74-44-38(64)36(62)40(28(20-55)71-44)73-43-37(63)35(61)34(60)27(19-54)70-43)39(65)45(69-23)75-42-33(59)26(57)21-68-46(42)72-31-11-12-49(4)29(50(31,5)22-56)10-13-52(7)30(49)9-8-24-25-18-48(2,3)14-16-53(25,47(66)67)17-15-51(24,52)6/h8,23,25-46,54-65H,9-22H2,1-7H3,(H,66,67)/t23?,25?,26?,27?,28?,29?,30?,31?,32?,33?,34?,35?,36?,37?,38?,39-,40?,41?,42?,43?,44?,45?,46?,49+,50+,51-,52-,53+/m1/s1. The van der Waals surface area contributed by atoms with Crippen LogP contribution in [-0.4, -0.2) is 222 Å². The Morgan fingerprint density at radius 3 is 1.88 bits per heavy atom. The second-order valence-electron chi connectivity index (χ2n) is 25.7. The molecular weight excluding hydrogens is 989 g/mol. The molecule has 4 heterocycles. The van der Waals surface area contributed by atoms with E-state index in [0.29, 0.717) is 19.3 Å². The van der Waals surface area contributed by atoms with E-state index < -0.39 is 153 Å². The first-order valence-electron chi connectivity index (χ1n) is 27.3. The molecule has 0 bridgehead atoms. The Bertz CT molecular complexity index is 2060. The molecule has 0 aromatic carbocycles. The summed E-state index contributed by atoms with van der Waals surface area (Å²) in [5.41, 5.74) is -0.839. The van der Waals surface area contributed by atoms with Gasteiger partial charge in [0, 0.05) is 5.41 Å². The molecule has 0 aromatic heterocycles. The van der Waals surface area contributed by atoms with Gasteiger partial charge in [-0.05, 0) is 111 Å². The van der Waals surface area contributed by atoms with Crippen LogP contribution >= 0.6 is 0 Å². The third kappa shape index (κ3) is 9.40. The van der Waals surface area contributed by atoms with Crippen molar-refractivity contribution >= 4 is 5.97 Å². The van der Waals surface area contributed by atoms with Crippen LogP contribution in [0.2, 0.25) is 0 Å². The van der Waals surface area contributed by atoms with Crippen molar-refractivity contribution < 1.29 is 109 Å². The van der Waals surface area contributed by atoms with Crippen molar-refractivity contribution in [3.8, 4) is 0 Å². The van der Waals surface area contributed by atoms with Crippen molar-refractivity contribution in [1.82, 2.24) is 0 Å². The summed E-state index contributed by atoms with van der Waals surface area (Å²) in [6, 6.07) is 0. The summed E-state index contributed by atoms with van der Waals surface area (Å²) in [6.45, 7) is 12.9. The Kier molecular flexibility index (Phi) is 16.3. The fourth-order valence-electron chi connectivity index (χ4n) is 16.3. The average molecular weight is 1080 g/mol. The summed E-state index contributed by atoms with van der Waals surface area (Å²) in [7, 11) is 0. The van der Waals surface area contributed by atoms with Crippen molar-refractivity contribution in [3.05, 3.63) is 11.6 Å². The zero-order valence-corrected chi connectivity index (χ0v) is 44.2. The van der Waals surface area contributed by atoms with E-state index in [-0.39, 0.29) is 52.6 Å². The zero-order chi connectivity index (χ0) is 54.7. The molecule has 9 rings (SSSR count). The molecule has 8 fully saturated rings. The summed E-state index contributed by atoms with van der Waals surface area (Å²) in [5.74, 6) is -0.514.